The maximum atomic E-state index is 13.2. The summed E-state index contributed by atoms with van der Waals surface area (Å²) in [6, 6.07) is 14.8. The van der Waals surface area contributed by atoms with Crippen LogP contribution in [0.1, 0.15) is 36.8 Å². The van der Waals surface area contributed by atoms with Crippen LogP contribution in [0.2, 0.25) is 5.02 Å². The Bertz CT molecular complexity index is 1090. The van der Waals surface area contributed by atoms with Crippen LogP contribution in [0.3, 0.4) is 0 Å². The van der Waals surface area contributed by atoms with E-state index in [1.807, 2.05) is 48.5 Å². The Balaban J connectivity index is 1.52. The van der Waals surface area contributed by atoms with E-state index in [2.05, 4.69) is 0 Å². The van der Waals surface area contributed by atoms with Crippen molar-refractivity contribution in [3.05, 3.63) is 69.6 Å². The van der Waals surface area contributed by atoms with E-state index in [4.69, 9.17) is 28.6 Å². The predicted molar refractivity (Wildman–Crippen MR) is 131 cm³/mol. The van der Waals surface area contributed by atoms with Crippen molar-refractivity contribution in [3.63, 3.8) is 0 Å². The number of carboxylic acid groups (broad SMARTS) is 1. The molecule has 8 heteroatoms. The van der Waals surface area contributed by atoms with Crippen LogP contribution in [0, 0.1) is 5.92 Å². The topological polar surface area (TPSA) is 66.8 Å². The Morgan fingerprint density at radius 2 is 1.97 bits per heavy atom. The number of hydrogen-bond acceptors (Lipinski definition) is 5. The molecule has 1 saturated carbocycles. The van der Waals surface area contributed by atoms with Crippen LogP contribution in [-0.4, -0.2) is 32.2 Å². The molecule has 0 bridgehead atoms. The van der Waals surface area contributed by atoms with Gasteiger partial charge in [0, 0.05) is 22.2 Å². The molecule has 1 N–H and O–H groups in total. The molecule has 2 aromatic rings. The highest BCUT2D eigenvalue weighted by Gasteiger charge is 2.40. The molecule has 166 valence electrons. The van der Waals surface area contributed by atoms with E-state index in [9.17, 15) is 14.7 Å². The van der Waals surface area contributed by atoms with Crippen molar-refractivity contribution in [1.29, 1.82) is 0 Å². The first-order chi connectivity index (χ1) is 15.4. The summed E-state index contributed by atoms with van der Waals surface area (Å²) in [7, 11) is 0. The largest absolute Gasteiger partial charge is 0.488 e. The Hall–Kier alpha value is -2.35. The number of halogens is 1. The molecule has 1 aliphatic carbocycles. The van der Waals surface area contributed by atoms with Crippen molar-refractivity contribution in [1.82, 2.24) is 4.90 Å². The Labute approximate surface area is 201 Å². The molecule has 2 fully saturated rings. The fourth-order valence-corrected chi connectivity index (χ4v) is 5.64. The van der Waals surface area contributed by atoms with Crippen LogP contribution in [0.25, 0.3) is 6.08 Å². The number of carboxylic acids is 1. The summed E-state index contributed by atoms with van der Waals surface area (Å²) in [6.45, 7) is 0.310. The van der Waals surface area contributed by atoms with Crippen molar-refractivity contribution in [2.45, 2.75) is 38.3 Å². The summed E-state index contributed by atoms with van der Waals surface area (Å²) in [4.78, 5) is 26.7. The third kappa shape index (κ3) is 5.00. The van der Waals surface area contributed by atoms with Gasteiger partial charge in [-0.05, 0) is 37.5 Å². The zero-order chi connectivity index (χ0) is 22.7. The lowest BCUT2D eigenvalue weighted by Crippen LogP contribution is -2.42. The van der Waals surface area contributed by atoms with Crippen molar-refractivity contribution in [3.8, 4) is 5.75 Å². The molecular weight excluding hydrogens is 466 g/mol. The number of hydrogen-bond donors (Lipinski definition) is 1. The molecule has 2 aromatic carbocycles. The van der Waals surface area contributed by atoms with E-state index >= 15 is 0 Å². The number of benzene rings is 2. The molecule has 2 atom stereocenters. The summed E-state index contributed by atoms with van der Waals surface area (Å²) in [5.74, 6) is -0.764. The minimum Gasteiger partial charge on any atom is -0.488 e. The normalized spacial score (nSPS) is 22.4. The number of ether oxygens (including phenoxy) is 1. The number of aliphatic carboxylic acids is 1. The minimum atomic E-state index is -0.805. The molecule has 2 unspecified atom stereocenters. The molecule has 1 amide bonds. The first kappa shape index (κ1) is 22.8. The Kier molecular flexibility index (Phi) is 7.18. The lowest BCUT2D eigenvalue weighted by Gasteiger charge is -2.32. The van der Waals surface area contributed by atoms with Crippen LogP contribution in [0.15, 0.2) is 53.4 Å². The SMILES string of the molecule is O=C(O)C1CCCC(N2C(=O)/C(=C\c3ccccc3OCc3ccccc3Cl)SC2=S)C1. The second kappa shape index (κ2) is 10.1. The fourth-order valence-electron chi connectivity index (χ4n) is 4.06. The third-order valence-corrected chi connectivity index (χ3v) is 7.43. The van der Waals surface area contributed by atoms with Crippen molar-refractivity contribution in [2.24, 2.45) is 5.92 Å². The van der Waals surface area contributed by atoms with Crippen molar-refractivity contribution < 1.29 is 19.4 Å². The number of para-hydroxylation sites is 1. The monoisotopic (exact) mass is 487 g/mol. The number of rotatable bonds is 6. The predicted octanol–water partition coefficient (Wildman–Crippen LogP) is 5.76. The van der Waals surface area contributed by atoms with Gasteiger partial charge in [0.2, 0.25) is 0 Å². The zero-order valence-corrected chi connectivity index (χ0v) is 19.6. The quantitative estimate of drug-likeness (QED) is 0.412. The van der Waals surface area contributed by atoms with Gasteiger partial charge in [0.1, 0.15) is 16.7 Å². The summed E-state index contributed by atoms with van der Waals surface area (Å²) < 4.78 is 6.48. The zero-order valence-electron chi connectivity index (χ0n) is 17.2. The number of thioether (sulfide) groups is 1. The highest BCUT2D eigenvalue weighted by molar-refractivity contribution is 8.26. The van der Waals surface area contributed by atoms with E-state index in [1.54, 1.807) is 11.0 Å². The standard InChI is InChI=1S/C24H22ClNO4S2/c25-19-10-3-1-7-17(19)14-30-20-11-4-2-6-15(20)13-21-22(27)26(24(31)32-21)18-9-5-8-16(12-18)23(28)29/h1-4,6-7,10-11,13,16,18H,5,8-9,12,14H2,(H,28,29)/b21-13+. The molecule has 0 aromatic heterocycles. The molecule has 5 nitrogen and oxygen atoms in total. The second-order valence-corrected chi connectivity index (χ2v) is 9.91. The molecule has 1 aliphatic heterocycles. The van der Waals surface area contributed by atoms with Gasteiger partial charge in [-0.25, -0.2) is 0 Å². The first-order valence-corrected chi connectivity index (χ1v) is 12.0. The average Bonchev–Trinajstić information content (AvgIpc) is 3.07. The lowest BCUT2D eigenvalue weighted by atomic mass is 9.85. The first-order valence-electron chi connectivity index (χ1n) is 10.4. The molecule has 32 heavy (non-hydrogen) atoms. The van der Waals surface area contributed by atoms with Crippen LogP contribution >= 0.6 is 35.6 Å². The van der Waals surface area contributed by atoms with Gasteiger partial charge in [0.05, 0.1) is 10.8 Å². The van der Waals surface area contributed by atoms with Gasteiger partial charge in [-0.15, -0.1) is 0 Å². The van der Waals surface area contributed by atoms with Gasteiger partial charge in [-0.3, -0.25) is 14.5 Å². The van der Waals surface area contributed by atoms with Gasteiger partial charge < -0.3 is 9.84 Å². The average molecular weight is 488 g/mol. The molecule has 4 rings (SSSR count). The van der Waals surface area contributed by atoms with Crippen molar-refractivity contribution in [2.75, 3.05) is 0 Å². The molecule has 0 radical (unpaired) electrons. The van der Waals surface area contributed by atoms with E-state index in [-0.39, 0.29) is 11.9 Å². The molecular formula is C24H22ClNO4S2. The summed E-state index contributed by atoms with van der Waals surface area (Å²) in [6.07, 6.45) is 4.41. The maximum Gasteiger partial charge on any atom is 0.306 e. The molecule has 0 spiro atoms. The van der Waals surface area contributed by atoms with E-state index in [0.29, 0.717) is 39.4 Å². The highest BCUT2D eigenvalue weighted by atomic mass is 35.5. The minimum absolute atomic E-state index is 0.169. The van der Waals surface area contributed by atoms with Gasteiger partial charge in [0.25, 0.3) is 5.91 Å². The Morgan fingerprint density at radius 3 is 2.75 bits per heavy atom. The van der Waals surface area contributed by atoms with Crippen LogP contribution in [0.5, 0.6) is 5.75 Å². The van der Waals surface area contributed by atoms with E-state index in [1.165, 1.54) is 11.8 Å². The van der Waals surface area contributed by atoms with Crippen LogP contribution in [-0.2, 0) is 16.2 Å². The fraction of sp³-hybridized carbons (Fsp3) is 0.292. The lowest BCUT2D eigenvalue weighted by molar-refractivity contribution is -0.144. The summed E-state index contributed by atoms with van der Waals surface area (Å²) in [5.41, 5.74) is 1.65. The van der Waals surface area contributed by atoms with Gasteiger partial charge >= 0.3 is 5.97 Å². The van der Waals surface area contributed by atoms with Gasteiger partial charge in [0.15, 0.2) is 0 Å². The van der Waals surface area contributed by atoms with Gasteiger partial charge in [-0.2, -0.15) is 0 Å². The van der Waals surface area contributed by atoms with E-state index in [0.717, 1.165) is 24.0 Å². The molecule has 1 heterocycles. The summed E-state index contributed by atoms with van der Waals surface area (Å²) >= 11 is 13.0. The highest BCUT2D eigenvalue weighted by Crippen LogP contribution is 2.39. The maximum absolute atomic E-state index is 13.2. The smallest absolute Gasteiger partial charge is 0.306 e. The number of amides is 1. The van der Waals surface area contributed by atoms with Crippen LogP contribution < -0.4 is 4.74 Å². The number of carbonyl (C=O) groups excluding carboxylic acids is 1. The van der Waals surface area contributed by atoms with Gasteiger partial charge in [-0.1, -0.05) is 78.4 Å². The third-order valence-electron chi connectivity index (χ3n) is 5.73. The molecule has 1 saturated heterocycles. The summed E-state index contributed by atoms with van der Waals surface area (Å²) in [5, 5.41) is 10.0. The van der Waals surface area contributed by atoms with Crippen LogP contribution in [0.4, 0.5) is 0 Å². The number of carbonyl (C=O) groups is 2. The van der Waals surface area contributed by atoms with E-state index < -0.39 is 11.9 Å². The van der Waals surface area contributed by atoms with Crippen molar-refractivity contribution >= 4 is 57.9 Å². The number of thiocarbonyl (C=S) groups is 1. The number of nitrogens with zero attached hydrogens (tertiary/aromatic N) is 1. The second-order valence-electron chi connectivity index (χ2n) is 7.83. The Morgan fingerprint density at radius 1 is 1.22 bits per heavy atom. The molecule has 2 aliphatic rings.